The van der Waals surface area contributed by atoms with Crippen LogP contribution in [0, 0.1) is 0 Å². The van der Waals surface area contributed by atoms with Crippen LogP contribution in [0.25, 0.3) is 0 Å². The van der Waals surface area contributed by atoms with Gasteiger partial charge in [-0.1, -0.05) is 12.1 Å². The third-order valence-corrected chi connectivity index (χ3v) is 6.50. The van der Waals surface area contributed by atoms with Gasteiger partial charge in [-0.05, 0) is 49.9 Å². The number of amides is 2. The molecular weight excluding hydrogens is 411 g/mol. The van der Waals surface area contributed by atoms with Gasteiger partial charge in [-0.2, -0.15) is 13.2 Å². The van der Waals surface area contributed by atoms with Crippen molar-refractivity contribution in [3.63, 3.8) is 0 Å². The van der Waals surface area contributed by atoms with Crippen LogP contribution in [0.15, 0.2) is 18.2 Å². The Balaban J connectivity index is 1.38. The van der Waals surface area contributed by atoms with E-state index >= 15 is 0 Å². The smallest absolute Gasteiger partial charge is 0.352 e. The first-order valence-corrected chi connectivity index (χ1v) is 10.7. The normalized spacial score (nSPS) is 31.5. The Kier molecular flexibility index (Phi) is 6.23. The van der Waals surface area contributed by atoms with Crippen LogP contribution >= 0.6 is 0 Å². The monoisotopic (exact) mass is 439 g/mol. The maximum absolute atomic E-state index is 13.0. The molecule has 2 fully saturated rings. The lowest BCUT2D eigenvalue weighted by Crippen LogP contribution is -2.64. The Morgan fingerprint density at radius 1 is 1.19 bits per heavy atom. The van der Waals surface area contributed by atoms with Gasteiger partial charge in [0.05, 0.1) is 0 Å². The van der Waals surface area contributed by atoms with Crippen molar-refractivity contribution in [2.75, 3.05) is 19.6 Å². The van der Waals surface area contributed by atoms with E-state index in [1.807, 2.05) is 25.1 Å². The van der Waals surface area contributed by atoms with Gasteiger partial charge < -0.3 is 16.0 Å². The molecule has 170 valence electrons. The minimum Gasteiger partial charge on any atom is -0.352 e. The quantitative estimate of drug-likeness (QED) is 0.480. The lowest BCUT2D eigenvalue weighted by atomic mass is 9.83. The molecule has 2 saturated heterocycles. The molecule has 2 amide bonds. The number of carbonyl (C=O) groups excluding carboxylic acids is 2. The first-order valence-electron chi connectivity index (χ1n) is 10.7. The third kappa shape index (κ3) is 4.70. The predicted molar refractivity (Wildman–Crippen MR) is 109 cm³/mol. The third-order valence-electron chi connectivity index (χ3n) is 6.50. The van der Waals surface area contributed by atoms with Crippen molar-refractivity contribution in [2.45, 2.75) is 62.6 Å². The van der Waals surface area contributed by atoms with Crippen molar-refractivity contribution in [1.29, 1.82) is 0 Å². The summed E-state index contributed by atoms with van der Waals surface area (Å²) in [6.45, 7) is 3.33. The van der Waals surface area contributed by atoms with Crippen molar-refractivity contribution < 1.29 is 22.8 Å². The van der Waals surface area contributed by atoms with Crippen molar-refractivity contribution in [3.05, 3.63) is 34.9 Å². The van der Waals surface area contributed by atoms with Gasteiger partial charge in [0.2, 0.25) is 0 Å². The molecule has 0 aliphatic carbocycles. The summed E-state index contributed by atoms with van der Waals surface area (Å²) >= 11 is 0. The summed E-state index contributed by atoms with van der Waals surface area (Å²) in [4.78, 5) is 24.8. The van der Waals surface area contributed by atoms with Crippen LogP contribution in [0.4, 0.5) is 13.2 Å². The summed E-state index contributed by atoms with van der Waals surface area (Å²) in [6.07, 6.45) is -3.94. The van der Waals surface area contributed by atoms with Crippen molar-refractivity contribution in [2.24, 2.45) is 0 Å². The summed E-state index contributed by atoms with van der Waals surface area (Å²) in [5, 5.41) is 14.5. The van der Waals surface area contributed by atoms with Crippen LogP contribution in [0.5, 0.6) is 0 Å². The molecule has 31 heavy (non-hydrogen) atoms. The van der Waals surface area contributed by atoms with Gasteiger partial charge in [-0.3, -0.25) is 20.2 Å². The lowest BCUT2D eigenvalue weighted by molar-refractivity contribution is -0.162. The van der Waals surface area contributed by atoms with Gasteiger partial charge >= 0.3 is 6.18 Å². The summed E-state index contributed by atoms with van der Waals surface area (Å²) in [7, 11) is 0. The second-order valence-corrected chi connectivity index (χ2v) is 8.56. The number of alkyl halides is 3. The largest absolute Gasteiger partial charge is 0.403 e. The Morgan fingerprint density at radius 2 is 2.00 bits per heavy atom. The maximum atomic E-state index is 13.0. The molecule has 3 heterocycles. The Morgan fingerprint density at radius 3 is 2.74 bits per heavy atom. The SMILES string of the molecule is CC1NC(C(=O)NC2CCNC(C(F)(F)F)C2)NCC1c1cccc2c1CCNC2=O. The fraction of sp³-hybridized carbons (Fsp3) is 0.619. The zero-order valence-electron chi connectivity index (χ0n) is 17.3. The second kappa shape index (κ2) is 8.76. The molecule has 1 aromatic carbocycles. The number of nitrogens with one attached hydrogen (secondary N) is 5. The average Bonchev–Trinajstić information content (AvgIpc) is 2.73. The van der Waals surface area contributed by atoms with E-state index in [-0.39, 0.29) is 36.7 Å². The highest BCUT2D eigenvalue weighted by molar-refractivity contribution is 5.97. The average molecular weight is 439 g/mol. The molecule has 0 radical (unpaired) electrons. The van der Waals surface area contributed by atoms with E-state index in [0.717, 1.165) is 17.5 Å². The number of hydrogen-bond acceptors (Lipinski definition) is 5. The first-order chi connectivity index (χ1) is 14.7. The summed E-state index contributed by atoms with van der Waals surface area (Å²) in [5.41, 5.74) is 2.83. The molecule has 10 heteroatoms. The standard InChI is InChI=1S/C21H28F3N5O2/c1-11-16(13-3-2-4-15-14(13)6-8-26-19(15)30)10-27-18(28-11)20(31)29-12-5-7-25-17(9-12)21(22,23)24/h2-4,11-12,16-18,25,27-28H,5-10H2,1H3,(H,26,30)(H,29,31). The number of halogens is 3. The van der Waals surface area contributed by atoms with Crippen LogP contribution in [-0.4, -0.2) is 61.9 Å². The fourth-order valence-corrected chi connectivity index (χ4v) is 4.83. The summed E-state index contributed by atoms with van der Waals surface area (Å²) < 4.78 is 38.9. The van der Waals surface area contributed by atoms with E-state index in [9.17, 15) is 22.8 Å². The van der Waals surface area contributed by atoms with Gasteiger partial charge in [0, 0.05) is 36.7 Å². The zero-order valence-corrected chi connectivity index (χ0v) is 17.3. The molecule has 1 aromatic rings. The summed E-state index contributed by atoms with van der Waals surface area (Å²) in [5.74, 6) is -0.338. The minimum absolute atomic E-state index is 0.0515. The van der Waals surface area contributed by atoms with E-state index in [4.69, 9.17) is 0 Å². The molecule has 5 atom stereocenters. The van der Waals surface area contributed by atoms with Crippen molar-refractivity contribution in [3.8, 4) is 0 Å². The molecule has 5 unspecified atom stereocenters. The second-order valence-electron chi connectivity index (χ2n) is 8.56. The maximum Gasteiger partial charge on any atom is 0.403 e. The lowest BCUT2D eigenvalue weighted by Gasteiger charge is -2.39. The van der Waals surface area contributed by atoms with E-state index in [1.165, 1.54) is 0 Å². The highest BCUT2D eigenvalue weighted by Crippen LogP contribution is 2.30. The topological polar surface area (TPSA) is 94.3 Å². The molecule has 0 spiro atoms. The highest BCUT2D eigenvalue weighted by Gasteiger charge is 2.43. The molecule has 3 aliphatic rings. The van der Waals surface area contributed by atoms with Crippen molar-refractivity contribution >= 4 is 11.8 Å². The van der Waals surface area contributed by atoms with Gasteiger partial charge in [0.25, 0.3) is 11.8 Å². The Labute approximate surface area is 178 Å². The number of hydrogen-bond donors (Lipinski definition) is 5. The number of carbonyl (C=O) groups is 2. The molecule has 5 N–H and O–H groups in total. The van der Waals surface area contributed by atoms with Gasteiger partial charge in [-0.15, -0.1) is 0 Å². The minimum atomic E-state index is -4.32. The predicted octanol–water partition coefficient (Wildman–Crippen LogP) is 0.763. The Bertz CT molecular complexity index is 847. The number of benzene rings is 1. The van der Waals surface area contributed by atoms with E-state index in [1.54, 1.807) is 0 Å². The molecule has 0 saturated carbocycles. The van der Waals surface area contributed by atoms with E-state index < -0.39 is 24.4 Å². The van der Waals surface area contributed by atoms with Gasteiger partial charge in [0.1, 0.15) is 12.2 Å². The van der Waals surface area contributed by atoms with E-state index in [2.05, 4.69) is 26.6 Å². The number of rotatable bonds is 3. The molecule has 7 nitrogen and oxygen atoms in total. The van der Waals surface area contributed by atoms with Crippen LogP contribution in [-0.2, 0) is 11.2 Å². The highest BCUT2D eigenvalue weighted by atomic mass is 19.4. The molecule has 3 aliphatic heterocycles. The van der Waals surface area contributed by atoms with Crippen molar-refractivity contribution in [1.82, 2.24) is 26.6 Å². The van der Waals surface area contributed by atoms with Crippen LogP contribution in [0.3, 0.4) is 0 Å². The zero-order chi connectivity index (χ0) is 22.2. The van der Waals surface area contributed by atoms with E-state index in [0.29, 0.717) is 25.1 Å². The number of piperidine rings is 1. The fourth-order valence-electron chi connectivity index (χ4n) is 4.83. The van der Waals surface area contributed by atoms with Crippen LogP contribution < -0.4 is 26.6 Å². The number of fused-ring (bicyclic) bond motifs is 1. The Hall–Kier alpha value is -2.17. The molecule has 0 bridgehead atoms. The summed E-state index contributed by atoms with van der Waals surface area (Å²) in [6, 6.07) is 3.56. The van der Waals surface area contributed by atoms with Gasteiger partial charge in [-0.25, -0.2) is 0 Å². The first kappa shape index (κ1) is 22.0. The molecule has 4 rings (SSSR count). The van der Waals surface area contributed by atoms with Gasteiger partial charge in [0.15, 0.2) is 0 Å². The van der Waals surface area contributed by atoms with Crippen LogP contribution in [0.2, 0.25) is 0 Å². The van der Waals surface area contributed by atoms with Crippen LogP contribution in [0.1, 0.15) is 47.2 Å². The molecule has 0 aromatic heterocycles. The molecular formula is C21H28F3N5O2.